The Morgan fingerprint density at radius 1 is 1.00 bits per heavy atom. The SMILES string of the molecule is O=C(CCn1cccc1)N1CCN(c2ccccc2F)CC1. The molecule has 5 heteroatoms. The molecular weight excluding hydrogens is 281 g/mol. The van der Waals surface area contributed by atoms with Gasteiger partial charge in [-0.15, -0.1) is 0 Å². The van der Waals surface area contributed by atoms with Gasteiger partial charge in [0, 0.05) is 51.5 Å². The Morgan fingerprint density at radius 2 is 1.68 bits per heavy atom. The molecule has 2 heterocycles. The van der Waals surface area contributed by atoms with Crippen molar-refractivity contribution < 1.29 is 9.18 Å². The fourth-order valence-corrected chi connectivity index (χ4v) is 2.81. The van der Waals surface area contributed by atoms with Crippen LogP contribution in [0.1, 0.15) is 6.42 Å². The Morgan fingerprint density at radius 3 is 2.36 bits per heavy atom. The molecule has 1 saturated heterocycles. The van der Waals surface area contributed by atoms with E-state index in [-0.39, 0.29) is 11.7 Å². The second kappa shape index (κ2) is 6.64. The predicted molar refractivity (Wildman–Crippen MR) is 84.2 cm³/mol. The lowest BCUT2D eigenvalue weighted by molar-refractivity contribution is -0.131. The second-order valence-corrected chi connectivity index (χ2v) is 5.49. The number of carbonyl (C=O) groups excluding carboxylic acids is 1. The van der Waals surface area contributed by atoms with Crippen molar-refractivity contribution in [1.82, 2.24) is 9.47 Å². The zero-order chi connectivity index (χ0) is 15.4. The fourth-order valence-electron chi connectivity index (χ4n) is 2.81. The highest BCUT2D eigenvalue weighted by Gasteiger charge is 2.22. The summed E-state index contributed by atoms with van der Waals surface area (Å²) < 4.78 is 15.8. The molecule has 1 fully saturated rings. The molecule has 1 aromatic heterocycles. The zero-order valence-electron chi connectivity index (χ0n) is 12.5. The average molecular weight is 301 g/mol. The van der Waals surface area contributed by atoms with E-state index in [1.54, 1.807) is 12.1 Å². The smallest absolute Gasteiger partial charge is 0.224 e. The summed E-state index contributed by atoms with van der Waals surface area (Å²) in [5.41, 5.74) is 0.627. The van der Waals surface area contributed by atoms with Crippen molar-refractivity contribution >= 4 is 11.6 Å². The van der Waals surface area contributed by atoms with Gasteiger partial charge in [0.25, 0.3) is 0 Å². The summed E-state index contributed by atoms with van der Waals surface area (Å²) in [6, 6.07) is 10.7. The van der Waals surface area contributed by atoms with E-state index >= 15 is 0 Å². The zero-order valence-corrected chi connectivity index (χ0v) is 12.5. The maximum atomic E-state index is 13.8. The molecule has 1 amide bonds. The Kier molecular flexibility index (Phi) is 4.42. The van der Waals surface area contributed by atoms with Crippen LogP contribution in [-0.2, 0) is 11.3 Å². The lowest BCUT2D eigenvalue weighted by Crippen LogP contribution is -2.49. The molecule has 22 heavy (non-hydrogen) atoms. The van der Waals surface area contributed by atoms with Gasteiger partial charge >= 0.3 is 0 Å². The minimum atomic E-state index is -0.199. The van der Waals surface area contributed by atoms with Crippen molar-refractivity contribution in [2.45, 2.75) is 13.0 Å². The van der Waals surface area contributed by atoms with Gasteiger partial charge < -0.3 is 14.4 Å². The van der Waals surface area contributed by atoms with Crippen LogP contribution in [0.2, 0.25) is 0 Å². The van der Waals surface area contributed by atoms with Crippen LogP contribution in [0.3, 0.4) is 0 Å². The van der Waals surface area contributed by atoms with Crippen molar-refractivity contribution in [1.29, 1.82) is 0 Å². The number of hydrogen-bond acceptors (Lipinski definition) is 2. The van der Waals surface area contributed by atoms with Crippen molar-refractivity contribution in [2.75, 3.05) is 31.1 Å². The van der Waals surface area contributed by atoms with Crippen molar-refractivity contribution in [3.8, 4) is 0 Å². The highest BCUT2D eigenvalue weighted by molar-refractivity contribution is 5.76. The van der Waals surface area contributed by atoms with Crippen LogP contribution in [-0.4, -0.2) is 41.6 Å². The Balaban J connectivity index is 1.51. The molecule has 0 atom stereocenters. The first-order valence-electron chi connectivity index (χ1n) is 7.62. The van der Waals surface area contributed by atoms with E-state index in [2.05, 4.69) is 0 Å². The third-order valence-corrected chi connectivity index (χ3v) is 4.08. The topological polar surface area (TPSA) is 28.5 Å². The molecule has 0 spiro atoms. The van der Waals surface area contributed by atoms with Gasteiger partial charge in [0.15, 0.2) is 0 Å². The van der Waals surface area contributed by atoms with Crippen LogP contribution in [0.15, 0.2) is 48.8 Å². The van der Waals surface area contributed by atoms with Gasteiger partial charge in [-0.2, -0.15) is 0 Å². The highest BCUT2D eigenvalue weighted by atomic mass is 19.1. The molecule has 0 unspecified atom stereocenters. The third kappa shape index (κ3) is 3.30. The summed E-state index contributed by atoms with van der Waals surface area (Å²) in [6.07, 6.45) is 4.43. The average Bonchev–Trinajstić information content (AvgIpc) is 3.07. The monoisotopic (exact) mass is 301 g/mol. The van der Waals surface area contributed by atoms with E-state index in [1.807, 2.05) is 45.0 Å². The molecule has 1 aliphatic heterocycles. The molecule has 0 radical (unpaired) electrons. The molecule has 2 aromatic rings. The molecular formula is C17H20FN3O. The summed E-state index contributed by atoms with van der Waals surface area (Å²) in [6.45, 7) is 3.36. The van der Waals surface area contributed by atoms with Crippen LogP contribution in [0.25, 0.3) is 0 Å². The number of hydrogen-bond donors (Lipinski definition) is 0. The van der Waals surface area contributed by atoms with Crippen LogP contribution >= 0.6 is 0 Å². The molecule has 0 saturated carbocycles. The number of halogens is 1. The lowest BCUT2D eigenvalue weighted by atomic mass is 10.2. The number of amides is 1. The Bertz CT molecular complexity index is 619. The van der Waals surface area contributed by atoms with E-state index in [1.165, 1.54) is 6.07 Å². The molecule has 0 N–H and O–H groups in total. The van der Waals surface area contributed by atoms with Crippen LogP contribution < -0.4 is 4.90 Å². The Hall–Kier alpha value is -2.30. The number of aryl methyl sites for hydroxylation is 1. The molecule has 1 aliphatic rings. The van der Waals surface area contributed by atoms with Gasteiger partial charge in [-0.1, -0.05) is 12.1 Å². The first kappa shape index (κ1) is 14.6. The van der Waals surface area contributed by atoms with E-state index in [0.717, 1.165) is 0 Å². The second-order valence-electron chi connectivity index (χ2n) is 5.49. The van der Waals surface area contributed by atoms with Gasteiger partial charge in [0.2, 0.25) is 5.91 Å². The summed E-state index contributed by atoms with van der Waals surface area (Å²) in [7, 11) is 0. The molecule has 4 nitrogen and oxygen atoms in total. The van der Waals surface area contributed by atoms with Crippen molar-refractivity contribution in [3.63, 3.8) is 0 Å². The van der Waals surface area contributed by atoms with Crippen LogP contribution in [0, 0.1) is 5.82 Å². The summed E-state index contributed by atoms with van der Waals surface area (Å²) in [5.74, 6) is -0.0308. The van der Waals surface area contributed by atoms with Crippen LogP contribution in [0.5, 0.6) is 0 Å². The standard InChI is InChI=1S/C17H20FN3O/c18-15-5-1-2-6-16(15)20-11-13-21(14-12-20)17(22)7-10-19-8-3-4-9-19/h1-6,8-9H,7,10-14H2. The predicted octanol–water partition coefficient (Wildman–Crippen LogP) is 2.37. The number of piperazine rings is 1. The van der Waals surface area contributed by atoms with Gasteiger partial charge in [0.1, 0.15) is 5.82 Å². The minimum absolute atomic E-state index is 0.168. The highest BCUT2D eigenvalue weighted by Crippen LogP contribution is 2.20. The minimum Gasteiger partial charge on any atom is -0.366 e. The maximum absolute atomic E-state index is 13.8. The normalized spacial score (nSPS) is 15.1. The van der Waals surface area contributed by atoms with Gasteiger partial charge in [0.05, 0.1) is 5.69 Å². The van der Waals surface area contributed by atoms with E-state index < -0.39 is 0 Å². The number of aromatic nitrogens is 1. The number of para-hydroxylation sites is 1. The van der Waals surface area contributed by atoms with Crippen molar-refractivity contribution in [3.05, 3.63) is 54.6 Å². The summed E-state index contributed by atoms with van der Waals surface area (Å²) in [5, 5.41) is 0. The molecule has 0 bridgehead atoms. The van der Waals surface area contributed by atoms with Gasteiger partial charge in [-0.3, -0.25) is 4.79 Å². The van der Waals surface area contributed by atoms with E-state index in [9.17, 15) is 9.18 Å². The number of anilines is 1. The number of nitrogens with zero attached hydrogens (tertiary/aromatic N) is 3. The summed E-state index contributed by atoms with van der Waals surface area (Å²) in [4.78, 5) is 16.1. The molecule has 1 aromatic carbocycles. The number of rotatable bonds is 4. The number of carbonyl (C=O) groups is 1. The number of benzene rings is 1. The largest absolute Gasteiger partial charge is 0.366 e. The summed E-state index contributed by atoms with van der Waals surface area (Å²) >= 11 is 0. The third-order valence-electron chi connectivity index (χ3n) is 4.08. The van der Waals surface area contributed by atoms with Crippen molar-refractivity contribution in [2.24, 2.45) is 0 Å². The van der Waals surface area contributed by atoms with E-state index in [4.69, 9.17) is 0 Å². The maximum Gasteiger partial charge on any atom is 0.224 e. The first-order chi connectivity index (χ1) is 10.7. The quantitative estimate of drug-likeness (QED) is 0.867. The molecule has 0 aliphatic carbocycles. The molecule has 116 valence electrons. The Labute approximate surface area is 129 Å². The first-order valence-corrected chi connectivity index (χ1v) is 7.62. The van der Waals surface area contributed by atoms with Crippen LogP contribution in [0.4, 0.5) is 10.1 Å². The fraction of sp³-hybridized carbons (Fsp3) is 0.353. The van der Waals surface area contributed by atoms with E-state index in [0.29, 0.717) is 44.8 Å². The van der Waals surface area contributed by atoms with Gasteiger partial charge in [-0.25, -0.2) is 4.39 Å². The lowest BCUT2D eigenvalue weighted by Gasteiger charge is -2.36. The molecule has 3 rings (SSSR count). The van der Waals surface area contributed by atoms with Gasteiger partial charge in [-0.05, 0) is 24.3 Å².